The van der Waals surface area contributed by atoms with E-state index in [1.54, 1.807) is 24.3 Å². The summed E-state index contributed by atoms with van der Waals surface area (Å²) < 4.78 is 28.1. The standard InChI is InChI=1S/C13H14BrNO5S/c14-10-3-1-2-9(6-10)13(17)20-7-12(16)15-11-4-5-21(18,19)8-11/h1-3,6,11H,4-5,7-8H2,(H,15,16). The van der Waals surface area contributed by atoms with Crippen LogP contribution in [0.25, 0.3) is 0 Å². The number of hydrogen-bond donors (Lipinski definition) is 1. The van der Waals surface area contributed by atoms with Gasteiger partial charge in [0.05, 0.1) is 17.1 Å². The number of carbonyl (C=O) groups is 2. The smallest absolute Gasteiger partial charge is 0.338 e. The third kappa shape index (κ3) is 4.82. The normalized spacial score (nSPS) is 20.0. The molecule has 1 aliphatic rings. The number of ether oxygens (including phenoxy) is 1. The number of carbonyl (C=O) groups excluding carboxylic acids is 2. The molecule has 1 unspecified atom stereocenters. The van der Waals surface area contributed by atoms with E-state index in [1.165, 1.54) is 0 Å². The zero-order valence-corrected chi connectivity index (χ0v) is 13.4. The maximum absolute atomic E-state index is 11.7. The van der Waals surface area contributed by atoms with Crippen LogP contribution in [0.15, 0.2) is 28.7 Å². The fourth-order valence-electron chi connectivity index (χ4n) is 2.01. The molecule has 6 nitrogen and oxygen atoms in total. The maximum atomic E-state index is 11.7. The van der Waals surface area contributed by atoms with Crippen molar-refractivity contribution >= 4 is 37.6 Å². The molecule has 0 aliphatic carbocycles. The molecule has 114 valence electrons. The minimum absolute atomic E-state index is 0.0572. The Bertz CT molecular complexity index is 658. The van der Waals surface area contributed by atoms with E-state index in [4.69, 9.17) is 4.74 Å². The summed E-state index contributed by atoms with van der Waals surface area (Å²) in [6.07, 6.45) is 0.396. The van der Waals surface area contributed by atoms with Gasteiger partial charge >= 0.3 is 5.97 Å². The van der Waals surface area contributed by atoms with Crippen molar-refractivity contribution < 1.29 is 22.7 Å². The van der Waals surface area contributed by atoms with Crippen LogP contribution in [0, 0.1) is 0 Å². The van der Waals surface area contributed by atoms with E-state index in [9.17, 15) is 18.0 Å². The van der Waals surface area contributed by atoms with Crippen LogP contribution in [-0.2, 0) is 19.4 Å². The Hall–Kier alpha value is -1.41. The van der Waals surface area contributed by atoms with Gasteiger partial charge < -0.3 is 10.1 Å². The van der Waals surface area contributed by atoms with Crippen molar-refractivity contribution in [3.05, 3.63) is 34.3 Å². The lowest BCUT2D eigenvalue weighted by atomic mass is 10.2. The summed E-state index contributed by atoms with van der Waals surface area (Å²) >= 11 is 3.24. The van der Waals surface area contributed by atoms with Crippen LogP contribution in [0.1, 0.15) is 16.8 Å². The van der Waals surface area contributed by atoms with Crippen molar-refractivity contribution in [2.75, 3.05) is 18.1 Å². The Labute approximate surface area is 130 Å². The zero-order valence-electron chi connectivity index (χ0n) is 11.0. The number of benzene rings is 1. The average Bonchev–Trinajstić information content (AvgIpc) is 2.75. The fourth-order valence-corrected chi connectivity index (χ4v) is 4.08. The first-order chi connectivity index (χ1) is 9.85. The molecule has 1 heterocycles. The summed E-state index contributed by atoms with van der Waals surface area (Å²) in [6.45, 7) is -0.429. The molecule has 21 heavy (non-hydrogen) atoms. The number of sulfone groups is 1. The molecule has 0 bridgehead atoms. The predicted octanol–water partition coefficient (Wildman–Crippen LogP) is 0.909. The van der Waals surface area contributed by atoms with E-state index in [0.29, 0.717) is 12.0 Å². The number of esters is 1. The van der Waals surface area contributed by atoms with Crippen LogP contribution in [-0.4, -0.2) is 44.4 Å². The van der Waals surface area contributed by atoms with Gasteiger partial charge in [-0.15, -0.1) is 0 Å². The Balaban J connectivity index is 1.80. The highest BCUT2D eigenvalue weighted by Gasteiger charge is 2.29. The molecular formula is C13H14BrNO5S. The van der Waals surface area contributed by atoms with Gasteiger partial charge in [0.1, 0.15) is 0 Å². The molecule has 1 atom stereocenters. The highest BCUT2D eigenvalue weighted by molar-refractivity contribution is 9.10. The molecule has 0 saturated carbocycles. The number of halogens is 1. The van der Waals surface area contributed by atoms with Gasteiger partial charge in [0.15, 0.2) is 16.4 Å². The van der Waals surface area contributed by atoms with Crippen molar-refractivity contribution in [2.45, 2.75) is 12.5 Å². The summed E-state index contributed by atoms with van der Waals surface area (Å²) in [5.74, 6) is -1.08. The molecule has 1 aromatic carbocycles. The lowest BCUT2D eigenvalue weighted by Crippen LogP contribution is -2.38. The number of hydrogen-bond acceptors (Lipinski definition) is 5. The van der Waals surface area contributed by atoms with E-state index < -0.39 is 34.4 Å². The number of rotatable bonds is 4. The van der Waals surface area contributed by atoms with E-state index in [2.05, 4.69) is 21.2 Å². The third-order valence-corrected chi connectivity index (χ3v) is 5.25. The van der Waals surface area contributed by atoms with E-state index in [1.807, 2.05) is 0 Å². The first kappa shape index (κ1) is 16.0. The summed E-state index contributed by atoms with van der Waals surface area (Å²) in [5, 5.41) is 2.55. The molecule has 2 rings (SSSR count). The van der Waals surface area contributed by atoms with Crippen LogP contribution < -0.4 is 5.32 Å². The predicted molar refractivity (Wildman–Crippen MR) is 79.6 cm³/mol. The highest BCUT2D eigenvalue weighted by atomic mass is 79.9. The molecule has 0 aromatic heterocycles. The third-order valence-electron chi connectivity index (χ3n) is 2.99. The van der Waals surface area contributed by atoms with Crippen molar-refractivity contribution in [2.24, 2.45) is 0 Å². The van der Waals surface area contributed by atoms with E-state index in [-0.39, 0.29) is 11.5 Å². The van der Waals surface area contributed by atoms with Crippen molar-refractivity contribution in [1.29, 1.82) is 0 Å². The molecule has 1 saturated heterocycles. The van der Waals surface area contributed by atoms with Crippen molar-refractivity contribution in [3.8, 4) is 0 Å². The first-order valence-corrected chi connectivity index (χ1v) is 8.90. The highest BCUT2D eigenvalue weighted by Crippen LogP contribution is 2.13. The SMILES string of the molecule is O=C(COC(=O)c1cccc(Br)c1)NC1CCS(=O)(=O)C1. The van der Waals surface area contributed by atoms with Gasteiger partial charge in [-0.3, -0.25) is 4.79 Å². The topological polar surface area (TPSA) is 89.5 Å². The molecule has 8 heteroatoms. The van der Waals surface area contributed by atoms with Crippen LogP contribution in [0.2, 0.25) is 0 Å². The molecule has 1 amide bonds. The van der Waals surface area contributed by atoms with E-state index in [0.717, 1.165) is 4.47 Å². The number of nitrogens with one attached hydrogen (secondary N) is 1. The Morgan fingerprint density at radius 1 is 1.38 bits per heavy atom. The van der Waals surface area contributed by atoms with Crippen molar-refractivity contribution in [1.82, 2.24) is 5.32 Å². The maximum Gasteiger partial charge on any atom is 0.338 e. The van der Waals surface area contributed by atoms with Crippen LogP contribution >= 0.6 is 15.9 Å². The van der Waals surface area contributed by atoms with Crippen LogP contribution in [0.5, 0.6) is 0 Å². The monoisotopic (exact) mass is 375 g/mol. The summed E-state index contributed by atoms with van der Waals surface area (Å²) in [5.41, 5.74) is 0.334. The largest absolute Gasteiger partial charge is 0.452 e. The van der Waals surface area contributed by atoms with Gasteiger partial charge in [-0.2, -0.15) is 0 Å². The molecule has 1 aromatic rings. The second kappa shape index (κ2) is 6.57. The summed E-state index contributed by atoms with van der Waals surface area (Å²) in [6, 6.07) is 6.22. The fraction of sp³-hybridized carbons (Fsp3) is 0.385. The van der Waals surface area contributed by atoms with Gasteiger partial charge in [0.2, 0.25) is 0 Å². The average molecular weight is 376 g/mol. The van der Waals surface area contributed by atoms with Gasteiger partial charge in [-0.25, -0.2) is 13.2 Å². The van der Waals surface area contributed by atoms with E-state index >= 15 is 0 Å². The Kier molecular flexibility index (Phi) is 5.00. The lowest BCUT2D eigenvalue weighted by Gasteiger charge is -2.11. The summed E-state index contributed by atoms with van der Waals surface area (Å²) in [4.78, 5) is 23.3. The summed E-state index contributed by atoms with van der Waals surface area (Å²) in [7, 11) is -3.05. The van der Waals surface area contributed by atoms with Crippen LogP contribution in [0.3, 0.4) is 0 Å². The van der Waals surface area contributed by atoms with Crippen molar-refractivity contribution in [3.63, 3.8) is 0 Å². The molecule has 1 fully saturated rings. The molecule has 1 N–H and O–H groups in total. The quantitative estimate of drug-likeness (QED) is 0.789. The lowest BCUT2D eigenvalue weighted by molar-refractivity contribution is -0.124. The minimum atomic E-state index is -3.05. The zero-order chi connectivity index (χ0) is 15.5. The number of amides is 1. The van der Waals surface area contributed by atoms with Crippen LogP contribution in [0.4, 0.5) is 0 Å². The van der Waals surface area contributed by atoms with Gasteiger partial charge in [0.25, 0.3) is 5.91 Å². The van der Waals surface area contributed by atoms with Gasteiger partial charge in [-0.1, -0.05) is 22.0 Å². The second-order valence-corrected chi connectivity index (χ2v) is 7.90. The molecular weight excluding hydrogens is 362 g/mol. The van der Waals surface area contributed by atoms with Gasteiger partial charge in [-0.05, 0) is 24.6 Å². The second-order valence-electron chi connectivity index (χ2n) is 4.75. The first-order valence-electron chi connectivity index (χ1n) is 6.28. The van der Waals surface area contributed by atoms with Gasteiger partial charge in [0, 0.05) is 10.5 Å². The molecule has 1 aliphatic heterocycles. The Morgan fingerprint density at radius 3 is 2.76 bits per heavy atom. The molecule has 0 spiro atoms. The Morgan fingerprint density at radius 2 is 2.14 bits per heavy atom. The minimum Gasteiger partial charge on any atom is -0.452 e. The molecule has 0 radical (unpaired) electrons.